The van der Waals surface area contributed by atoms with Crippen LogP contribution in [0.2, 0.25) is 0 Å². The van der Waals surface area contributed by atoms with E-state index in [1.54, 1.807) is 18.2 Å². The van der Waals surface area contributed by atoms with Crippen molar-refractivity contribution in [3.05, 3.63) is 59.2 Å². The molecule has 1 heterocycles. The van der Waals surface area contributed by atoms with Gasteiger partial charge in [-0.3, -0.25) is 14.4 Å². The third-order valence-electron chi connectivity index (χ3n) is 5.98. The molecule has 0 saturated heterocycles. The lowest BCUT2D eigenvalue weighted by atomic mass is 9.76. The molecule has 0 radical (unpaired) electrons. The summed E-state index contributed by atoms with van der Waals surface area (Å²) in [4.78, 5) is 38.5. The molecule has 36 heavy (non-hydrogen) atoms. The zero-order valence-electron chi connectivity index (χ0n) is 18.8. The maximum Gasteiger partial charge on any atom is 0.407 e. The molecule has 2 amide bonds. The Morgan fingerprint density at radius 3 is 2.11 bits per heavy atom. The Hall–Kier alpha value is -3.22. The normalized spacial score (nSPS) is 15.9. The monoisotopic (exact) mass is 534 g/mol. The highest BCUT2D eigenvalue weighted by molar-refractivity contribution is 7.80. The summed E-state index contributed by atoms with van der Waals surface area (Å²) >= 11 is 4.23. The summed E-state index contributed by atoms with van der Waals surface area (Å²) in [6.07, 6.45) is -13.8. The van der Waals surface area contributed by atoms with Crippen LogP contribution in [0.25, 0.3) is 0 Å². The first kappa shape index (κ1) is 27.4. The van der Waals surface area contributed by atoms with Gasteiger partial charge in [0.05, 0.1) is 13.5 Å². The van der Waals surface area contributed by atoms with E-state index < -0.39 is 53.6 Å². The van der Waals surface area contributed by atoms with Crippen molar-refractivity contribution in [3.8, 4) is 0 Å². The maximum atomic E-state index is 13.8. The molecular weight excluding hydrogens is 514 g/mol. The van der Waals surface area contributed by atoms with E-state index in [9.17, 15) is 40.7 Å². The number of carbonyl (C=O) groups excluding carboxylic acids is 3. The highest BCUT2D eigenvalue weighted by Gasteiger charge is 2.72. The predicted octanol–water partition coefficient (Wildman–Crippen LogP) is 4.94. The number of methoxy groups -OCH3 is 1. The van der Waals surface area contributed by atoms with Crippen LogP contribution in [-0.4, -0.2) is 42.1 Å². The van der Waals surface area contributed by atoms with E-state index in [1.165, 1.54) is 11.8 Å². The molecule has 194 valence electrons. The Bertz CT molecular complexity index is 1170. The van der Waals surface area contributed by atoms with E-state index in [-0.39, 0.29) is 12.2 Å². The second kappa shape index (κ2) is 9.68. The molecule has 0 aromatic heterocycles. The van der Waals surface area contributed by atoms with Gasteiger partial charge in [-0.25, -0.2) is 0 Å². The highest BCUT2D eigenvalue weighted by atomic mass is 32.1. The van der Waals surface area contributed by atoms with Crippen LogP contribution in [0.15, 0.2) is 47.4 Å². The van der Waals surface area contributed by atoms with Crippen LogP contribution in [0, 0.1) is 0 Å². The summed E-state index contributed by atoms with van der Waals surface area (Å²) in [6.45, 7) is 1.39. The number of benzene rings is 2. The Morgan fingerprint density at radius 2 is 1.61 bits per heavy atom. The van der Waals surface area contributed by atoms with Crippen LogP contribution in [0.3, 0.4) is 0 Å². The molecule has 2 aromatic rings. The number of amides is 2. The zero-order chi connectivity index (χ0) is 27.1. The van der Waals surface area contributed by atoms with Gasteiger partial charge in [0.15, 0.2) is 5.41 Å². The smallest absolute Gasteiger partial charge is 0.407 e. The molecule has 1 aliphatic rings. The lowest BCUT2D eigenvalue weighted by molar-refractivity contribution is -0.304. The molecule has 2 aromatic carbocycles. The van der Waals surface area contributed by atoms with E-state index >= 15 is 0 Å². The Balaban J connectivity index is 1.95. The largest absolute Gasteiger partial charge is 0.469 e. The molecule has 13 heteroatoms. The second-order valence-corrected chi connectivity index (χ2v) is 8.67. The molecule has 0 spiro atoms. The minimum atomic E-state index is -5.88. The first-order valence-electron chi connectivity index (χ1n) is 10.3. The molecule has 0 bridgehead atoms. The second-order valence-electron chi connectivity index (χ2n) is 8.15. The molecule has 1 unspecified atom stereocenters. The number of esters is 1. The van der Waals surface area contributed by atoms with Crippen molar-refractivity contribution in [2.75, 3.05) is 12.4 Å². The van der Waals surface area contributed by atoms with Gasteiger partial charge in [-0.15, -0.1) is 12.6 Å². The number of anilines is 1. The number of fused-ring (bicyclic) bond motifs is 1. The zero-order valence-corrected chi connectivity index (χ0v) is 19.7. The molecule has 1 atom stereocenters. The molecule has 6 nitrogen and oxygen atoms in total. The van der Waals surface area contributed by atoms with Gasteiger partial charge in [-0.1, -0.05) is 18.2 Å². The number of halogens is 6. The van der Waals surface area contributed by atoms with Crippen LogP contribution in [0.4, 0.5) is 32.0 Å². The van der Waals surface area contributed by atoms with Gasteiger partial charge in [-0.05, 0) is 41.0 Å². The summed E-state index contributed by atoms with van der Waals surface area (Å²) < 4.78 is 87.0. The number of alkyl halides is 6. The average molecular weight is 534 g/mol. The highest BCUT2D eigenvalue weighted by Crippen LogP contribution is 2.54. The number of nitrogens with zero attached hydrogens (tertiary/aromatic N) is 1. The molecule has 0 aliphatic carbocycles. The maximum absolute atomic E-state index is 13.8. The number of hydrogen-bond donors (Lipinski definition) is 2. The number of ether oxygens (including phenoxy) is 1. The quantitative estimate of drug-likeness (QED) is 0.324. The molecule has 3 rings (SSSR count). The van der Waals surface area contributed by atoms with E-state index in [0.29, 0.717) is 35.3 Å². The molecule has 0 saturated carbocycles. The topological polar surface area (TPSA) is 75.7 Å². The van der Waals surface area contributed by atoms with Crippen LogP contribution in [0.5, 0.6) is 0 Å². The van der Waals surface area contributed by atoms with Crippen LogP contribution in [-0.2, 0) is 31.1 Å². The lowest BCUT2D eigenvalue weighted by Crippen LogP contribution is -2.55. The van der Waals surface area contributed by atoms with Gasteiger partial charge in [0.25, 0.3) is 5.91 Å². The Kier molecular flexibility index (Phi) is 7.36. The summed E-state index contributed by atoms with van der Waals surface area (Å²) in [7, 11) is 0.682. The summed E-state index contributed by atoms with van der Waals surface area (Å²) in [5, 5.41) is 2.43. The minimum absolute atomic E-state index is 0.108. The number of hydrogen-bond acceptors (Lipinski definition) is 5. The van der Waals surface area contributed by atoms with Crippen molar-refractivity contribution in [2.24, 2.45) is 0 Å². The van der Waals surface area contributed by atoms with Gasteiger partial charge in [0.2, 0.25) is 5.91 Å². The van der Waals surface area contributed by atoms with Crippen molar-refractivity contribution in [3.63, 3.8) is 0 Å². The SMILES string of the molecule is COC(=O)CC(c1ccc(NC(=O)C2c3ccc(S)cc3CN2C(C)=O)cc1)(C(F)(F)F)C(F)(F)F. The Labute approximate surface area is 207 Å². The van der Waals surface area contributed by atoms with Crippen molar-refractivity contribution < 1.29 is 45.5 Å². The summed E-state index contributed by atoms with van der Waals surface area (Å²) in [6, 6.07) is 6.66. The van der Waals surface area contributed by atoms with E-state index in [0.717, 1.165) is 12.1 Å². The fourth-order valence-corrected chi connectivity index (χ4v) is 4.37. The standard InChI is InChI=1S/C23H20F6N2O4S/c1-12(32)31-11-13-9-16(36)7-8-17(13)19(31)20(34)30-15-5-3-14(4-6-15)21(22(24,25)26,23(27,28)29)10-18(33)35-2/h3-9,19,36H,10-11H2,1-2H3,(H,30,34). The van der Waals surface area contributed by atoms with E-state index in [1.807, 2.05) is 0 Å². The van der Waals surface area contributed by atoms with E-state index in [4.69, 9.17) is 0 Å². The third-order valence-corrected chi connectivity index (χ3v) is 6.25. The van der Waals surface area contributed by atoms with Crippen molar-refractivity contribution in [1.29, 1.82) is 0 Å². The molecule has 1 N–H and O–H groups in total. The fourth-order valence-electron chi connectivity index (χ4n) is 4.14. The summed E-state index contributed by atoms with van der Waals surface area (Å²) in [5.74, 6) is -2.82. The number of thiol groups is 1. The van der Waals surface area contributed by atoms with E-state index in [2.05, 4.69) is 22.7 Å². The first-order chi connectivity index (χ1) is 16.6. The third kappa shape index (κ3) is 4.88. The summed E-state index contributed by atoms with van der Waals surface area (Å²) in [5.41, 5.74) is -4.68. The molecule has 1 aliphatic heterocycles. The van der Waals surface area contributed by atoms with Gasteiger partial charge in [-0.2, -0.15) is 26.3 Å². The van der Waals surface area contributed by atoms with Crippen LogP contribution < -0.4 is 5.32 Å². The van der Waals surface area contributed by atoms with Gasteiger partial charge in [0.1, 0.15) is 6.04 Å². The number of nitrogens with one attached hydrogen (secondary N) is 1. The predicted molar refractivity (Wildman–Crippen MR) is 118 cm³/mol. The van der Waals surface area contributed by atoms with Crippen molar-refractivity contribution >= 4 is 36.1 Å². The molecular formula is C23H20F6N2O4S. The minimum Gasteiger partial charge on any atom is -0.469 e. The van der Waals surface area contributed by atoms with Gasteiger partial charge >= 0.3 is 18.3 Å². The lowest BCUT2D eigenvalue weighted by Gasteiger charge is -2.37. The Morgan fingerprint density at radius 1 is 1.03 bits per heavy atom. The van der Waals surface area contributed by atoms with Crippen molar-refractivity contribution in [1.82, 2.24) is 4.90 Å². The average Bonchev–Trinajstić information content (AvgIpc) is 3.15. The number of rotatable bonds is 5. The van der Waals surface area contributed by atoms with Gasteiger partial charge in [0, 0.05) is 24.1 Å². The fraction of sp³-hybridized carbons (Fsp3) is 0.348. The van der Waals surface area contributed by atoms with Crippen LogP contribution >= 0.6 is 12.6 Å². The van der Waals surface area contributed by atoms with Crippen LogP contribution in [0.1, 0.15) is 36.1 Å². The first-order valence-corrected chi connectivity index (χ1v) is 10.8. The van der Waals surface area contributed by atoms with Gasteiger partial charge < -0.3 is 15.0 Å². The number of carbonyl (C=O) groups is 3. The van der Waals surface area contributed by atoms with Crippen molar-refractivity contribution in [2.45, 2.75) is 48.6 Å². The molecule has 0 fully saturated rings.